The number of aromatic hydroxyl groups is 2. The van der Waals surface area contributed by atoms with Gasteiger partial charge in [0.05, 0.1) is 12.0 Å². The number of carboxylic acid groups (broad SMARTS) is 1. The molecule has 0 heterocycles. The van der Waals surface area contributed by atoms with E-state index in [1.165, 1.54) is 12.1 Å². The van der Waals surface area contributed by atoms with Gasteiger partial charge in [-0.3, -0.25) is 9.59 Å². The molecular weight excluding hydrogens is 276 g/mol. The topological polar surface area (TPSA) is 133 Å². The highest BCUT2D eigenvalue weighted by molar-refractivity contribution is 5.82. The summed E-state index contributed by atoms with van der Waals surface area (Å²) in [4.78, 5) is 22.6. The zero-order chi connectivity index (χ0) is 16.0. The van der Waals surface area contributed by atoms with Crippen LogP contribution in [0.5, 0.6) is 11.5 Å². The molecule has 0 spiro atoms. The molecule has 1 unspecified atom stereocenters. The molecule has 7 nitrogen and oxygen atoms in total. The molecule has 1 aromatic carbocycles. The molecule has 0 aromatic heterocycles. The van der Waals surface area contributed by atoms with Crippen LogP contribution in [-0.2, 0) is 16.0 Å². The summed E-state index contributed by atoms with van der Waals surface area (Å²) in [5.74, 6) is -2.59. The van der Waals surface area contributed by atoms with Crippen LogP contribution in [0.15, 0.2) is 18.2 Å². The van der Waals surface area contributed by atoms with E-state index >= 15 is 0 Å². The number of hydrogen-bond acceptors (Lipinski definition) is 5. The van der Waals surface area contributed by atoms with Crippen LogP contribution >= 0.6 is 0 Å². The molecule has 0 radical (unpaired) electrons. The van der Waals surface area contributed by atoms with Gasteiger partial charge in [0.1, 0.15) is 0 Å². The van der Waals surface area contributed by atoms with E-state index in [2.05, 4.69) is 5.32 Å². The van der Waals surface area contributed by atoms with Crippen LogP contribution in [0, 0.1) is 5.92 Å². The number of rotatable bonds is 7. The van der Waals surface area contributed by atoms with E-state index in [1.807, 2.05) is 0 Å². The second-order valence-electron chi connectivity index (χ2n) is 4.82. The van der Waals surface area contributed by atoms with Crippen LogP contribution in [0.25, 0.3) is 0 Å². The van der Waals surface area contributed by atoms with Gasteiger partial charge in [-0.15, -0.1) is 0 Å². The molecule has 1 rings (SSSR count). The highest BCUT2D eigenvalue weighted by Gasteiger charge is 2.19. The lowest BCUT2D eigenvalue weighted by Crippen LogP contribution is -2.44. The van der Waals surface area contributed by atoms with Crippen molar-refractivity contribution in [2.75, 3.05) is 6.54 Å². The number of phenolic OH excluding ortho intramolecular Hbond substituents is 2. The summed E-state index contributed by atoms with van der Waals surface area (Å²) in [6, 6.07) is 3.33. The lowest BCUT2D eigenvalue weighted by atomic mass is 10.0. The molecule has 2 atom stereocenters. The van der Waals surface area contributed by atoms with Crippen molar-refractivity contribution >= 4 is 11.9 Å². The zero-order valence-corrected chi connectivity index (χ0v) is 11.7. The van der Waals surface area contributed by atoms with Crippen LogP contribution < -0.4 is 11.1 Å². The number of hydrogen-bond donors (Lipinski definition) is 5. The number of amides is 1. The van der Waals surface area contributed by atoms with E-state index in [9.17, 15) is 19.8 Å². The molecule has 0 saturated carbocycles. The maximum Gasteiger partial charge on any atom is 0.308 e. The maximum absolute atomic E-state index is 11.8. The van der Waals surface area contributed by atoms with Crippen molar-refractivity contribution in [2.45, 2.75) is 25.8 Å². The molecule has 1 aromatic rings. The van der Waals surface area contributed by atoms with Crippen molar-refractivity contribution in [2.24, 2.45) is 11.7 Å². The molecule has 0 aliphatic heterocycles. The van der Waals surface area contributed by atoms with Gasteiger partial charge in [0.25, 0.3) is 0 Å². The van der Waals surface area contributed by atoms with Gasteiger partial charge in [-0.1, -0.05) is 13.0 Å². The van der Waals surface area contributed by atoms with Crippen molar-refractivity contribution in [1.82, 2.24) is 5.32 Å². The van der Waals surface area contributed by atoms with Gasteiger partial charge in [0.15, 0.2) is 11.5 Å². The van der Waals surface area contributed by atoms with Crippen LogP contribution in [0.3, 0.4) is 0 Å². The van der Waals surface area contributed by atoms with Gasteiger partial charge in [0.2, 0.25) is 5.91 Å². The Morgan fingerprint density at radius 1 is 1.29 bits per heavy atom. The van der Waals surface area contributed by atoms with E-state index in [0.717, 1.165) is 0 Å². The largest absolute Gasteiger partial charge is 0.504 e. The highest BCUT2D eigenvalue weighted by atomic mass is 16.4. The maximum atomic E-state index is 11.8. The SMILES string of the molecule is CCC(CNC(=O)[C@@H](N)Cc1ccc(O)c(O)c1)C(=O)O. The lowest BCUT2D eigenvalue weighted by molar-refractivity contribution is -0.141. The minimum absolute atomic E-state index is 0.0270. The highest BCUT2D eigenvalue weighted by Crippen LogP contribution is 2.25. The van der Waals surface area contributed by atoms with Crippen LogP contribution in [0.4, 0.5) is 0 Å². The molecule has 1 amide bonds. The van der Waals surface area contributed by atoms with Gasteiger partial charge < -0.3 is 26.4 Å². The number of nitrogens with two attached hydrogens (primary N) is 1. The number of nitrogens with one attached hydrogen (secondary N) is 1. The van der Waals surface area contributed by atoms with Crippen LogP contribution in [0.2, 0.25) is 0 Å². The number of phenols is 2. The van der Waals surface area contributed by atoms with Crippen molar-refractivity contribution < 1.29 is 24.9 Å². The summed E-state index contributed by atoms with van der Waals surface area (Å²) in [6.07, 6.45) is 0.584. The fourth-order valence-electron chi connectivity index (χ4n) is 1.80. The molecule has 21 heavy (non-hydrogen) atoms. The average molecular weight is 296 g/mol. The van der Waals surface area contributed by atoms with E-state index in [0.29, 0.717) is 12.0 Å². The predicted octanol–water partition coefficient (Wildman–Crippen LogP) is 0.195. The second kappa shape index (κ2) is 7.49. The molecule has 0 bridgehead atoms. The Morgan fingerprint density at radius 3 is 2.48 bits per heavy atom. The first-order valence-corrected chi connectivity index (χ1v) is 6.62. The molecule has 6 N–H and O–H groups in total. The van der Waals surface area contributed by atoms with Gasteiger partial charge in [0, 0.05) is 6.54 Å². The summed E-state index contributed by atoms with van der Waals surface area (Å²) < 4.78 is 0. The van der Waals surface area contributed by atoms with E-state index in [-0.39, 0.29) is 24.5 Å². The van der Waals surface area contributed by atoms with Crippen LogP contribution in [0.1, 0.15) is 18.9 Å². The van der Waals surface area contributed by atoms with E-state index in [4.69, 9.17) is 10.8 Å². The monoisotopic (exact) mass is 296 g/mol. The normalized spacial score (nSPS) is 13.4. The lowest BCUT2D eigenvalue weighted by Gasteiger charge is -2.15. The third-order valence-electron chi connectivity index (χ3n) is 3.20. The first-order valence-electron chi connectivity index (χ1n) is 6.62. The quantitative estimate of drug-likeness (QED) is 0.456. The van der Waals surface area contributed by atoms with Crippen molar-refractivity contribution in [3.8, 4) is 11.5 Å². The fraction of sp³-hybridized carbons (Fsp3) is 0.429. The first-order chi connectivity index (χ1) is 9.85. The second-order valence-corrected chi connectivity index (χ2v) is 4.82. The summed E-state index contributed by atoms with van der Waals surface area (Å²) >= 11 is 0. The number of benzene rings is 1. The Bertz CT molecular complexity index is 518. The van der Waals surface area contributed by atoms with Crippen molar-refractivity contribution in [1.29, 1.82) is 0 Å². The molecule has 0 aliphatic carbocycles. The third-order valence-corrected chi connectivity index (χ3v) is 3.20. The number of carbonyl (C=O) groups excluding carboxylic acids is 1. The predicted molar refractivity (Wildman–Crippen MR) is 75.9 cm³/mol. The average Bonchev–Trinajstić information content (AvgIpc) is 2.42. The summed E-state index contributed by atoms with van der Waals surface area (Å²) in [7, 11) is 0. The smallest absolute Gasteiger partial charge is 0.308 e. The van der Waals surface area contributed by atoms with Gasteiger partial charge in [-0.2, -0.15) is 0 Å². The minimum atomic E-state index is -0.963. The third kappa shape index (κ3) is 4.96. The van der Waals surface area contributed by atoms with E-state index in [1.54, 1.807) is 13.0 Å². The van der Waals surface area contributed by atoms with Crippen LogP contribution in [-0.4, -0.2) is 39.8 Å². The van der Waals surface area contributed by atoms with Gasteiger partial charge in [-0.05, 0) is 30.5 Å². The summed E-state index contributed by atoms with van der Waals surface area (Å²) in [5.41, 5.74) is 6.33. The summed E-state index contributed by atoms with van der Waals surface area (Å²) in [5, 5.41) is 29.9. The molecule has 0 fully saturated rings. The summed E-state index contributed by atoms with van der Waals surface area (Å²) in [6.45, 7) is 1.75. The Hall–Kier alpha value is -2.28. The Labute approximate surface area is 122 Å². The number of aliphatic carboxylic acids is 1. The Kier molecular flexibility index (Phi) is 5.98. The van der Waals surface area contributed by atoms with Gasteiger partial charge >= 0.3 is 5.97 Å². The standard InChI is InChI=1S/C14H20N2O5/c1-2-9(14(20)21)7-16-13(19)10(15)5-8-3-4-11(17)12(18)6-8/h3-4,6,9-10,17-18H,2,5,7,15H2,1H3,(H,16,19)(H,20,21)/t9?,10-/m0/s1. The number of carboxylic acids is 1. The molecule has 116 valence electrons. The fourth-order valence-corrected chi connectivity index (χ4v) is 1.80. The molecule has 7 heteroatoms. The molecule has 0 aliphatic rings. The van der Waals surface area contributed by atoms with Crippen molar-refractivity contribution in [3.63, 3.8) is 0 Å². The zero-order valence-electron chi connectivity index (χ0n) is 11.7. The number of carbonyl (C=O) groups is 2. The first kappa shape index (κ1) is 16.8. The van der Waals surface area contributed by atoms with E-state index < -0.39 is 23.8 Å². The van der Waals surface area contributed by atoms with Crippen molar-refractivity contribution in [3.05, 3.63) is 23.8 Å². The van der Waals surface area contributed by atoms with Gasteiger partial charge in [-0.25, -0.2) is 0 Å². The molecule has 0 saturated heterocycles. The minimum Gasteiger partial charge on any atom is -0.504 e. The Morgan fingerprint density at radius 2 is 1.95 bits per heavy atom. The molecular formula is C14H20N2O5. The Balaban J connectivity index is 2.54.